The molecular weight excluding hydrogens is 479 g/mol. The number of pyridine rings is 1. The molecule has 7 nitrogen and oxygen atoms in total. The summed E-state index contributed by atoms with van der Waals surface area (Å²) in [5.74, 6) is -1.06. The first-order valence-corrected chi connectivity index (χ1v) is 13.0. The number of piperidine rings is 1. The molecule has 4 rings (SSSR count). The number of nitrogens with one attached hydrogen (secondary N) is 2. The first kappa shape index (κ1) is 24.4. The van der Waals surface area contributed by atoms with Gasteiger partial charge in [0.05, 0.1) is 16.3 Å². The van der Waals surface area contributed by atoms with Crippen molar-refractivity contribution in [3.63, 3.8) is 0 Å². The second-order valence-electron chi connectivity index (χ2n) is 8.25. The van der Waals surface area contributed by atoms with Crippen molar-refractivity contribution in [2.24, 2.45) is 5.92 Å². The Balaban J connectivity index is 1.26. The Morgan fingerprint density at radius 3 is 2.74 bits per heavy atom. The third-order valence-electron chi connectivity index (χ3n) is 5.88. The lowest BCUT2D eigenvalue weighted by molar-refractivity contribution is -0.126. The Labute approximate surface area is 203 Å². The van der Waals surface area contributed by atoms with Crippen LogP contribution in [0.15, 0.2) is 59.6 Å². The van der Waals surface area contributed by atoms with E-state index in [1.165, 1.54) is 16.4 Å². The number of carbonyl (C=O) groups is 1. The molecule has 1 aromatic heterocycles. The maximum Gasteiger partial charge on any atom is 0.243 e. The zero-order valence-corrected chi connectivity index (χ0v) is 20.1. The predicted octanol–water partition coefficient (Wildman–Crippen LogP) is 4.05. The van der Waals surface area contributed by atoms with Crippen molar-refractivity contribution in [1.29, 1.82) is 0 Å². The van der Waals surface area contributed by atoms with E-state index in [2.05, 4.69) is 15.6 Å². The highest BCUT2D eigenvalue weighted by molar-refractivity contribution is 7.89. The largest absolute Gasteiger partial charge is 0.384 e. The number of fused-ring (bicyclic) bond motifs is 1. The molecule has 1 atom stereocenters. The van der Waals surface area contributed by atoms with Gasteiger partial charge in [0.25, 0.3) is 0 Å². The third kappa shape index (κ3) is 5.65. The van der Waals surface area contributed by atoms with Crippen LogP contribution in [-0.4, -0.2) is 49.8 Å². The maximum atomic E-state index is 13.2. The van der Waals surface area contributed by atoms with Crippen LogP contribution < -0.4 is 10.6 Å². The monoisotopic (exact) mass is 504 g/mol. The van der Waals surface area contributed by atoms with E-state index in [0.717, 1.165) is 28.7 Å². The Morgan fingerprint density at radius 1 is 1.15 bits per heavy atom. The Morgan fingerprint density at radius 2 is 1.94 bits per heavy atom. The van der Waals surface area contributed by atoms with E-state index in [0.29, 0.717) is 43.9 Å². The summed E-state index contributed by atoms with van der Waals surface area (Å²) in [6.07, 6.45) is 3.65. The van der Waals surface area contributed by atoms with Gasteiger partial charge in [-0.1, -0.05) is 11.6 Å². The number of anilines is 1. The lowest BCUT2D eigenvalue weighted by atomic mass is 9.99. The summed E-state index contributed by atoms with van der Waals surface area (Å²) < 4.78 is 40.2. The molecule has 0 unspecified atom stereocenters. The van der Waals surface area contributed by atoms with Crippen molar-refractivity contribution in [2.45, 2.75) is 24.2 Å². The number of nitrogens with zero attached hydrogens (tertiary/aromatic N) is 2. The number of halogens is 2. The number of hydrogen-bond acceptors (Lipinski definition) is 5. The molecule has 1 aliphatic heterocycles. The summed E-state index contributed by atoms with van der Waals surface area (Å²) in [6.45, 7) is 1.59. The molecule has 0 spiro atoms. The molecule has 1 fully saturated rings. The van der Waals surface area contributed by atoms with E-state index in [-0.39, 0.29) is 17.3 Å². The third-order valence-corrected chi connectivity index (χ3v) is 7.99. The maximum absolute atomic E-state index is 13.2. The van der Waals surface area contributed by atoms with Crippen molar-refractivity contribution in [3.8, 4) is 0 Å². The fraction of sp³-hybridized carbons (Fsp3) is 0.333. The molecule has 2 aromatic carbocycles. The lowest BCUT2D eigenvalue weighted by Gasteiger charge is -2.31. The summed E-state index contributed by atoms with van der Waals surface area (Å²) >= 11 is 6.03. The highest BCUT2D eigenvalue weighted by atomic mass is 35.5. The molecule has 0 radical (unpaired) electrons. The van der Waals surface area contributed by atoms with Crippen LogP contribution in [0.2, 0.25) is 5.02 Å². The first-order chi connectivity index (χ1) is 16.3. The van der Waals surface area contributed by atoms with Crippen LogP contribution in [0.4, 0.5) is 10.1 Å². The highest BCUT2D eigenvalue weighted by Crippen LogP contribution is 2.25. The number of rotatable bonds is 8. The van der Waals surface area contributed by atoms with E-state index < -0.39 is 21.8 Å². The normalized spacial score (nSPS) is 16.9. The molecular formula is C24H26ClFN4O3S. The van der Waals surface area contributed by atoms with E-state index in [1.54, 1.807) is 6.20 Å². The molecule has 10 heteroatoms. The Bertz CT molecular complexity index is 1270. The van der Waals surface area contributed by atoms with Crippen LogP contribution in [0.25, 0.3) is 10.9 Å². The van der Waals surface area contributed by atoms with Crippen molar-refractivity contribution in [1.82, 2.24) is 14.6 Å². The van der Waals surface area contributed by atoms with Gasteiger partial charge in [-0.15, -0.1) is 0 Å². The van der Waals surface area contributed by atoms with Gasteiger partial charge in [-0.3, -0.25) is 9.78 Å². The molecule has 3 aromatic rings. The fourth-order valence-corrected chi connectivity index (χ4v) is 5.76. The van der Waals surface area contributed by atoms with Gasteiger partial charge in [-0.05, 0) is 67.8 Å². The molecule has 0 saturated carbocycles. The van der Waals surface area contributed by atoms with E-state index in [9.17, 15) is 17.6 Å². The average Bonchev–Trinajstić information content (AvgIpc) is 2.84. The van der Waals surface area contributed by atoms with E-state index in [4.69, 9.17) is 11.6 Å². The molecule has 34 heavy (non-hydrogen) atoms. The number of aromatic nitrogens is 1. The minimum Gasteiger partial charge on any atom is -0.384 e. The van der Waals surface area contributed by atoms with Crippen LogP contribution in [0.1, 0.15) is 19.3 Å². The molecule has 1 aliphatic rings. The first-order valence-electron chi connectivity index (χ1n) is 11.2. The standard InChI is InChI=1S/C24H26ClFN4O3S/c25-18-4-9-21-22(10-13-28-23(21)15-18)27-11-2-12-29-24(31)17-3-1-14-30(16-17)34(32,33)20-7-5-19(26)6-8-20/h4-10,13,15,17H,1-3,11-12,14,16H2,(H,27,28)(H,29,31)/t17-/m1/s1. The fourth-order valence-electron chi connectivity index (χ4n) is 4.07. The average molecular weight is 505 g/mol. The van der Waals surface area contributed by atoms with Gasteiger partial charge in [0.2, 0.25) is 15.9 Å². The summed E-state index contributed by atoms with van der Waals surface area (Å²) in [5, 5.41) is 7.89. The number of benzene rings is 2. The molecule has 0 aliphatic carbocycles. The summed E-state index contributed by atoms with van der Waals surface area (Å²) in [4.78, 5) is 17.0. The van der Waals surface area contributed by atoms with Gasteiger partial charge in [-0.25, -0.2) is 12.8 Å². The van der Waals surface area contributed by atoms with Gasteiger partial charge >= 0.3 is 0 Å². The van der Waals surface area contributed by atoms with Gasteiger partial charge < -0.3 is 10.6 Å². The van der Waals surface area contributed by atoms with Crippen LogP contribution in [0.5, 0.6) is 0 Å². The quantitative estimate of drug-likeness (QED) is 0.452. The van der Waals surface area contributed by atoms with Gasteiger partial charge in [0, 0.05) is 48.5 Å². The van der Waals surface area contributed by atoms with Gasteiger partial charge in [0.1, 0.15) is 5.82 Å². The number of carbonyl (C=O) groups excluding carboxylic acids is 1. The van der Waals surface area contributed by atoms with E-state index in [1.807, 2.05) is 24.3 Å². The SMILES string of the molecule is O=C(NCCCNc1ccnc2cc(Cl)ccc12)[C@@H]1CCCN(S(=O)(=O)c2ccc(F)cc2)C1. The predicted molar refractivity (Wildman–Crippen MR) is 131 cm³/mol. The molecule has 180 valence electrons. The van der Waals surface area contributed by atoms with E-state index >= 15 is 0 Å². The number of sulfonamides is 1. The smallest absolute Gasteiger partial charge is 0.243 e. The van der Waals surface area contributed by atoms with Crippen LogP contribution >= 0.6 is 11.6 Å². The lowest BCUT2D eigenvalue weighted by Crippen LogP contribution is -2.45. The van der Waals surface area contributed by atoms with Crippen molar-refractivity contribution in [2.75, 3.05) is 31.5 Å². The summed E-state index contributed by atoms with van der Waals surface area (Å²) in [5.41, 5.74) is 1.75. The van der Waals surface area contributed by atoms with Crippen LogP contribution in [0, 0.1) is 11.7 Å². The summed E-state index contributed by atoms with van der Waals surface area (Å²) in [6, 6.07) is 12.2. The molecule has 2 N–H and O–H groups in total. The molecule has 1 amide bonds. The zero-order valence-electron chi connectivity index (χ0n) is 18.5. The Kier molecular flexibility index (Phi) is 7.65. The van der Waals surface area contributed by atoms with Gasteiger partial charge in [0.15, 0.2) is 0 Å². The van der Waals surface area contributed by atoms with Crippen molar-refractivity contribution < 1.29 is 17.6 Å². The minimum absolute atomic E-state index is 0.0342. The van der Waals surface area contributed by atoms with Crippen molar-refractivity contribution >= 4 is 44.1 Å². The van der Waals surface area contributed by atoms with Gasteiger partial charge in [-0.2, -0.15) is 4.31 Å². The summed E-state index contributed by atoms with van der Waals surface area (Å²) in [7, 11) is -3.76. The zero-order chi connectivity index (χ0) is 24.1. The number of hydrogen-bond donors (Lipinski definition) is 2. The van der Waals surface area contributed by atoms with Crippen LogP contribution in [-0.2, 0) is 14.8 Å². The second-order valence-corrected chi connectivity index (χ2v) is 10.6. The number of amides is 1. The highest BCUT2D eigenvalue weighted by Gasteiger charge is 2.33. The second kappa shape index (κ2) is 10.7. The molecule has 2 heterocycles. The topological polar surface area (TPSA) is 91.4 Å². The van der Waals surface area contributed by atoms with Crippen LogP contribution in [0.3, 0.4) is 0 Å². The molecule has 1 saturated heterocycles. The van der Waals surface area contributed by atoms with Crippen molar-refractivity contribution in [3.05, 3.63) is 65.6 Å². The Hall–Kier alpha value is -2.75. The minimum atomic E-state index is -3.76. The molecule has 0 bridgehead atoms.